The molecule has 0 bridgehead atoms. The van der Waals surface area contributed by atoms with Crippen LogP contribution in [0.15, 0.2) is 35.3 Å². The van der Waals surface area contributed by atoms with Gasteiger partial charge in [-0.2, -0.15) is 11.3 Å². The van der Waals surface area contributed by atoms with Crippen molar-refractivity contribution in [3.63, 3.8) is 0 Å². The largest absolute Gasteiger partial charge is 0.329 e. The van der Waals surface area contributed by atoms with Gasteiger partial charge in [-0.1, -0.05) is 0 Å². The minimum Gasteiger partial charge on any atom is -0.329 e. The van der Waals surface area contributed by atoms with Crippen molar-refractivity contribution in [3.05, 3.63) is 45.6 Å². The topological polar surface area (TPSA) is 33.6 Å². The second kappa shape index (κ2) is 3.84. The van der Waals surface area contributed by atoms with Crippen LogP contribution < -0.4 is 0 Å². The maximum Gasteiger partial charge on any atom is 0.178 e. The molecule has 1 N–H and O–H groups in total. The third-order valence-corrected chi connectivity index (χ3v) is 3.55. The number of hydrogen-bond acceptors (Lipinski definition) is 3. The zero-order chi connectivity index (χ0) is 11.0. The average molecular weight is 247 g/mol. The van der Waals surface area contributed by atoms with E-state index >= 15 is 0 Å². The molecule has 0 saturated carbocycles. The quantitative estimate of drug-likeness (QED) is 0.705. The Bertz CT molecular complexity index is 664. The van der Waals surface area contributed by atoms with Gasteiger partial charge in [0.05, 0.1) is 23.8 Å². The Hall–Kier alpha value is -1.46. The molecule has 0 unspecified atom stereocenters. The molecule has 0 spiro atoms. The van der Waals surface area contributed by atoms with Gasteiger partial charge in [0.1, 0.15) is 0 Å². The fraction of sp³-hybridized carbons (Fsp3) is 0.0909. The summed E-state index contributed by atoms with van der Waals surface area (Å²) < 4.78 is 2.84. The number of rotatable bonds is 2. The monoisotopic (exact) mass is 247 g/mol. The summed E-state index contributed by atoms with van der Waals surface area (Å²) >= 11 is 7.01. The maximum atomic E-state index is 5.31. The highest BCUT2D eigenvalue weighted by Crippen LogP contribution is 2.15. The molecule has 3 rings (SSSR count). The maximum absolute atomic E-state index is 5.31. The van der Waals surface area contributed by atoms with E-state index < -0.39 is 0 Å². The third-order valence-electron chi connectivity index (χ3n) is 2.50. The number of H-pyrrole nitrogens is 1. The lowest BCUT2D eigenvalue weighted by Crippen LogP contribution is -1.97. The Kier molecular flexibility index (Phi) is 2.34. The number of nitrogens with one attached hydrogen (secondary N) is 1. The van der Waals surface area contributed by atoms with E-state index in [0.717, 1.165) is 22.3 Å². The molecule has 80 valence electrons. The summed E-state index contributed by atoms with van der Waals surface area (Å²) in [5, 5.41) is 4.22. The van der Waals surface area contributed by atoms with Crippen LogP contribution in [-0.4, -0.2) is 14.5 Å². The molecule has 0 aromatic carbocycles. The Labute approximate surface area is 101 Å². The second-order valence-corrected chi connectivity index (χ2v) is 4.71. The zero-order valence-corrected chi connectivity index (χ0v) is 10.0. The number of pyridine rings is 1. The van der Waals surface area contributed by atoms with E-state index in [1.54, 1.807) is 23.7 Å². The lowest BCUT2D eigenvalue weighted by molar-refractivity contribution is 0.813. The van der Waals surface area contributed by atoms with Crippen molar-refractivity contribution in [2.45, 2.75) is 6.54 Å². The van der Waals surface area contributed by atoms with Crippen LogP contribution in [0, 0.1) is 4.77 Å². The molecule has 0 saturated heterocycles. The molecule has 3 aromatic heterocycles. The Morgan fingerprint density at radius 2 is 2.38 bits per heavy atom. The van der Waals surface area contributed by atoms with Crippen LogP contribution in [0.4, 0.5) is 0 Å². The van der Waals surface area contributed by atoms with Crippen LogP contribution >= 0.6 is 23.6 Å². The molecule has 3 heterocycles. The number of aromatic amines is 1. The van der Waals surface area contributed by atoms with Gasteiger partial charge in [0, 0.05) is 6.20 Å². The highest BCUT2D eigenvalue weighted by Gasteiger charge is 2.04. The average Bonchev–Trinajstić information content (AvgIpc) is 2.89. The van der Waals surface area contributed by atoms with E-state index in [9.17, 15) is 0 Å². The van der Waals surface area contributed by atoms with Gasteiger partial charge < -0.3 is 9.55 Å². The summed E-state index contributed by atoms with van der Waals surface area (Å²) in [6.45, 7) is 0.812. The lowest BCUT2D eigenvalue weighted by atomic mass is 10.3. The molecule has 0 atom stereocenters. The molecule has 16 heavy (non-hydrogen) atoms. The summed E-state index contributed by atoms with van der Waals surface area (Å²) in [5.74, 6) is 0. The van der Waals surface area contributed by atoms with Crippen molar-refractivity contribution < 1.29 is 0 Å². The minimum absolute atomic E-state index is 0.745. The van der Waals surface area contributed by atoms with Crippen LogP contribution in [-0.2, 0) is 6.54 Å². The van der Waals surface area contributed by atoms with Gasteiger partial charge in [0.15, 0.2) is 4.77 Å². The smallest absolute Gasteiger partial charge is 0.178 e. The molecule has 0 aliphatic heterocycles. The zero-order valence-electron chi connectivity index (χ0n) is 8.38. The van der Waals surface area contributed by atoms with Crippen molar-refractivity contribution >= 4 is 34.6 Å². The Morgan fingerprint density at radius 1 is 1.44 bits per heavy atom. The van der Waals surface area contributed by atoms with Crippen LogP contribution in [0.25, 0.3) is 11.0 Å². The van der Waals surface area contributed by atoms with Gasteiger partial charge in [0.2, 0.25) is 0 Å². The minimum atomic E-state index is 0.745. The number of fused-ring (bicyclic) bond motifs is 1. The number of imidazole rings is 1. The first-order chi connectivity index (χ1) is 7.84. The number of nitrogens with zero attached hydrogens (tertiary/aromatic N) is 2. The Balaban J connectivity index is 2.16. The summed E-state index contributed by atoms with van der Waals surface area (Å²) in [6.07, 6.45) is 3.59. The van der Waals surface area contributed by atoms with Crippen LogP contribution in [0.2, 0.25) is 0 Å². The summed E-state index contributed by atoms with van der Waals surface area (Å²) in [6, 6.07) is 4.10. The van der Waals surface area contributed by atoms with Gasteiger partial charge in [-0.3, -0.25) is 4.98 Å². The molecule has 3 aromatic rings. The summed E-state index contributed by atoms with van der Waals surface area (Å²) in [7, 11) is 0. The predicted molar refractivity (Wildman–Crippen MR) is 68.3 cm³/mol. The second-order valence-electron chi connectivity index (χ2n) is 3.54. The fourth-order valence-electron chi connectivity index (χ4n) is 1.73. The molecular weight excluding hydrogens is 238 g/mol. The van der Waals surface area contributed by atoms with Gasteiger partial charge >= 0.3 is 0 Å². The molecule has 0 fully saturated rings. The first kappa shape index (κ1) is 9.74. The van der Waals surface area contributed by atoms with Gasteiger partial charge in [-0.05, 0) is 40.7 Å². The van der Waals surface area contributed by atoms with Crippen LogP contribution in [0.1, 0.15) is 5.56 Å². The SMILES string of the molecule is S=c1[nH]c2cnccc2n1Cc1ccsc1. The fourth-order valence-corrected chi connectivity index (χ4v) is 2.67. The molecule has 0 amide bonds. The third kappa shape index (κ3) is 1.58. The van der Waals surface area contributed by atoms with Crippen molar-refractivity contribution in [1.29, 1.82) is 0 Å². The van der Waals surface area contributed by atoms with E-state index in [0.29, 0.717) is 0 Å². The normalized spacial score (nSPS) is 11.0. The van der Waals surface area contributed by atoms with Crippen molar-refractivity contribution in [2.75, 3.05) is 0 Å². The molecule has 3 nitrogen and oxygen atoms in total. The van der Waals surface area contributed by atoms with E-state index in [1.807, 2.05) is 6.07 Å². The summed E-state index contributed by atoms with van der Waals surface area (Å²) in [4.78, 5) is 7.23. The standard InChI is InChI=1S/C11H9N3S2/c15-11-13-9-5-12-3-1-10(9)14(11)6-8-2-4-16-7-8/h1-5,7H,6H2,(H,13,15). The lowest BCUT2D eigenvalue weighted by Gasteiger charge is -2.01. The van der Waals surface area contributed by atoms with Crippen LogP contribution in [0.3, 0.4) is 0 Å². The number of aromatic nitrogens is 3. The molecule has 5 heteroatoms. The molecule has 0 aliphatic carbocycles. The Morgan fingerprint density at radius 3 is 3.19 bits per heavy atom. The van der Waals surface area contributed by atoms with Crippen molar-refractivity contribution in [1.82, 2.24) is 14.5 Å². The first-order valence-corrected chi connectivity index (χ1v) is 6.23. The van der Waals surface area contributed by atoms with E-state index in [2.05, 4.69) is 31.4 Å². The number of thiophene rings is 1. The molecular formula is C11H9N3S2. The van der Waals surface area contributed by atoms with E-state index in [-0.39, 0.29) is 0 Å². The molecule has 0 radical (unpaired) electrons. The van der Waals surface area contributed by atoms with Gasteiger partial charge in [-0.15, -0.1) is 0 Å². The number of hydrogen-bond donors (Lipinski definition) is 1. The van der Waals surface area contributed by atoms with Gasteiger partial charge in [-0.25, -0.2) is 0 Å². The highest BCUT2D eigenvalue weighted by atomic mass is 32.1. The van der Waals surface area contributed by atoms with Crippen molar-refractivity contribution in [3.8, 4) is 0 Å². The van der Waals surface area contributed by atoms with Gasteiger partial charge in [0.25, 0.3) is 0 Å². The summed E-state index contributed by atoms with van der Waals surface area (Å²) in [5.41, 5.74) is 3.37. The first-order valence-electron chi connectivity index (χ1n) is 4.88. The van der Waals surface area contributed by atoms with E-state index in [4.69, 9.17) is 12.2 Å². The van der Waals surface area contributed by atoms with Crippen LogP contribution in [0.5, 0.6) is 0 Å². The van der Waals surface area contributed by atoms with Crippen molar-refractivity contribution in [2.24, 2.45) is 0 Å². The highest BCUT2D eigenvalue weighted by molar-refractivity contribution is 7.71. The predicted octanol–water partition coefficient (Wildman–Crippen LogP) is 3.20. The molecule has 0 aliphatic rings. The van der Waals surface area contributed by atoms with E-state index in [1.165, 1.54) is 5.56 Å².